The Labute approximate surface area is 203 Å². The number of halogens is 2. The van der Waals surface area contributed by atoms with Gasteiger partial charge in [0.25, 0.3) is 5.91 Å². The van der Waals surface area contributed by atoms with Crippen LogP contribution < -0.4 is 9.64 Å². The zero-order valence-corrected chi connectivity index (χ0v) is 19.5. The lowest BCUT2D eigenvalue weighted by Crippen LogP contribution is -2.30. The predicted octanol–water partition coefficient (Wildman–Crippen LogP) is 6.43. The van der Waals surface area contributed by atoms with Crippen molar-refractivity contribution in [3.05, 3.63) is 93.3 Å². The normalized spacial score (nSPS) is 16.1. The fourth-order valence-electron chi connectivity index (χ4n) is 4.08. The van der Waals surface area contributed by atoms with Crippen LogP contribution in [0.2, 0.25) is 10.0 Å². The molecule has 0 saturated heterocycles. The summed E-state index contributed by atoms with van der Waals surface area (Å²) in [6.07, 6.45) is 0. The monoisotopic (exact) mass is 497 g/mol. The number of aryl methyl sites for hydroxylation is 1. The smallest absolute Gasteiger partial charge is 0.294 e. The second kappa shape index (κ2) is 8.27. The number of benzene rings is 2. The number of aliphatic hydroxyl groups is 1. The number of anilines is 1. The van der Waals surface area contributed by atoms with Crippen LogP contribution >= 0.6 is 23.2 Å². The number of ether oxygens (including phenoxy) is 1. The summed E-state index contributed by atoms with van der Waals surface area (Å²) in [5.74, 6) is -1.00. The fraction of sp³-hybridized carbons (Fsp3) is 0.120. The van der Waals surface area contributed by atoms with Crippen LogP contribution in [-0.2, 0) is 4.79 Å². The molecule has 1 N–H and O–H groups in total. The molecule has 2 aromatic heterocycles. The summed E-state index contributed by atoms with van der Waals surface area (Å²) in [4.78, 5) is 28.1. The van der Waals surface area contributed by atoms with E-state index in [0.717, 1.165) is 0 Å². The Morgan fingerprint density at radius 3 is 2.53 bits per heavy atom. The highest BCUT2D eigenvalue weighted by atomic mass is 35.5. The molecular formula is C25H17Cl2NO6. The quantitative estimate of drug-likeness (QED) is 0.319. The van der Waals surface area contributed by atoms with Gasteiger partial charge in [-0.25, -0.2) is 0 Å². The maximum absolute atomic E-state index is 13.7. The first-order valence-corrected chi connectivity index (χ1v) is 10.9. The molecule has 0 spiro atoms. The second-order valence-corrected chi connectivity index (χ2v) is 8.61. The molecule has 5 rings (SSSR count). The first-order chi connectivity index (χ1) is 16.3. The number of ketones is 1. The highest BCUT2D eigenvalue weighted by Gasteiger charge is 2.47. The predicted molar refractivity (Wildman–Crippen MR) is 127 cm³/mol. The summed E-state index contributed by atoms with van der Waals surface area (Å²) in [6.45, 7) is 1.74. The Balaban J connectivity index is 1.66. The number of fused-ring (bicyclic) bond motifs is 1. The maximum Gasteiger partial charge on any atom is 0.294 e. The van der Waals surface area contributed by atoms with E-state index < -0.39 is 23.5 Å². The third-order valence-corrected chi connectivity index (χ3v) is 6.01. The Morgan fingerprint density at radius 2 is 1.85 bits per heavy atom. The molecule has 0 radical (unpaired) electrons. The molecule has 172 valence electrons. The van der Waals surface area contributed by atoms with E-state index in [1.165, 1.54) is 18.1 Å². The average Bonchev–Trinajstić information content (AvgIpc) is 3.49. The lowest BCUT2D eigenvalue weighted by Gasteiger charge is -2.25. The van der Waals surface area contributed by atoms with Gasteiger partial charge < -0.3 is 18.7 Å². The molecule has 1 aliphatic heterocycles. The molecule has 3 heterocycles. The number of amides is 1. The van der Waals surface area contributed by atoms with Crippen LogP contribution in [0, 0.1) is 6.92 Å². The van der Waals surface area contributed by atoms with Crippen molar-refractivity contribution < 1.29 is 28.3 Å². The Bertz CT molecular complexity index is 1500. The molecule has 34 heavy (non-hydrogen) atoms. The van der Waals surface area contributed by atoms with Crippen LogP contribution in [0.1, 0.15) is 28.1 Å². The van der Waals surface area contributed by atoms with Crippen molar-refractivity contribution in [3.63, 3.8) is 0 Å². The van der Waals surface area contributed by atoms with E-state index in [2.05, 4.69) is 0 Å². The van der Waals surface area contributed by atoms with Gasteiger partial charge in [-0.15, -0.1) is 0 Å². The lowest BCUT2D eigenvalue weighted by molar-refractivity contribution is -0.117. The second-order valence-electron chi connectivity index (χ2n) is 7.73. The van der Waals surface area contributed by atoms with Gasteiger partial charge in [0.05, 0.1) is 12.7 Å². The van der Waals surface area contributed by atoms with Crippen molar-refractivity contribution in [2.24, 2.45) is 0 Å². The summed E-state index contributed by atoms with van der Waals surface area (Å²) in [7, 11) is 1.46. The van der Waals surface area contributed by atoms with Gasteiger partial charge in [-0.3, -0.25) is 14.5 Å². The van der Waals surface area contributed by atoms with Gasteiger partial charge in [-0.2, -0.15) is 0 Å². The summed E-state index contributed by atoms with van der Waals surface area (Å²) in [5, 5.41) is 12.2. The van der Waals surface area contributed by atoms with E-state index in [-0.39, 0.29) is 11.3 Å². The Hall–Kier alpha value is -3.68. The van der Waals surface area contributed by atoms with Crippen molar-refractivity contribution in [2.45, 2.75) is 13.0 Å². The number of rotatable bonds is 5. The number of carbonyl (C=O) groups excluding carboxylic acids is 2. The minimum Gasteiger partial charge on any atom is -0.503 e. The summed E-state index contributed by atoms with van der Waals surface area (Å²) in [6, 6.07) is 13.5. The van der Waals surface area contributed by atoms with E-state index in [0.29, 0.717) is 44.0 Å². The lowest BCUT2D eigenvalue weighted by atomic mass is 9.99. The number of carbonyl (C=O) groups is 2. The van der Waals surface area contributed by atoms with Crippen LogP contribution in [0.3, 0.4) is 0 Å². The zero-order valence-electron chi connectivity index (χ0n) is 18.0. The van der Waals surface area contributed by atoms with Gasteiger partial charge in [0.15, 0.2) is 22.9 Å². The van der Waals surface area contributed by atoms with Crippen molar-refractivity contribution >= 4 is 51.5 Å². The Morgan fingerprint density at radius 1 is 1.06 bits per heavy atom. The van der Waals surface area contributed by atoms with Gasteiger partial charge in [-0.05, 0) is 49.4 Å². The molecule has 1 aliphatic rings. The molecule has 0 fully saturated rings. The van der Waals surface area contributed by atoms with Crippen molar-refractivity contribution in [1.29, 1.82) is 0 Å². The minimum absolute atomic E-state index is 0.0915. The summed E-state index contributed by atoms with van der Waals surface area (Å²) >= 11 is 12.3. The van der Waals surface area contributed by atoms with E-state index in [1.54, 1.807) is 55.5 Å². The van der Waals surface area contributed by atoms with Crippen molar-refractivity contribution in [3.8, 4) is 5.75 Å². The molecule has 1 unspecified atom stereocenters. The molecule has 7 nitrogen and oxygen atoms in total. The molecule has 1 atom stereocenters. The third kappa shape index (κ3) is 3.54. The van der Waals surface area contributed by atoms with Crippen molar-refractivity contribution in [1.82, 2.24) is 0 Å². The molecule has 0 bridgehead atoms. The van der Waals surface area contributed by atoms with Gasteiger partial charge in [0, 0.05) is 27.2 Å². The molecule has 1 amide bonds. The van der Waals surface area contributed by atoms with E-state index in [4.69, 9.17) is 36.8 Å². The molecule has 4 aromatic rings. The average molecular weight is 498 g/mol. The topological polar surface area (TPSA) is 93.1 Å². The van der Waals surface area contributed by atoms with Gasteiger partial charge >= 0.3 is 0 Å². The minimum atomic E-state index is -1.04. The molecular weight excluding hydrogens is 481 g/mol. The van der Waals surface area contributed by atoms with Crippen LogP contribution in [-0.4, -0.2) is 23.9 Å². The number of nitrogens with zero attached hydrogens (tertiary/aromatic N) is 1. The SMILES string of the molecule is COc1cc(Cl)cc2cc(C(=O)C3=C(O)C(=O)N(c4cccc(Cl)c4)C3c3ccc(C)o3)oc12. The van der Waals surface area contributed by atoms with Crippen molar-refractivity contribution in [2.75, 3.05) is 12.0 Å². The zero-order chi connectivity index (χ0) is 24.1. The fourth-order valence-corrected chi connectivity index (χ4v) is 4.48. The number of aliphatic hydroxyl groups excluding tert-OH is 1. The van der Waals surface area contributed by atoms with E-state index in [9.17, 15) is 14.7 Å². The third-order valence-electron chi connectivity index (χ3n) is 5.56. The van der Waals surface area contributed by atoms with Crippen LogP contribution in [0.4, 0.5) is 5.69 Å². The van der Waals surface area contributed by atoms with E-state index in [1.807, 2.05) is 0 Å². The number of methoxy groups -OCH3 is 1. The molecule has 0 aliphatic carbocycles. The number of hydrogen-bond donors (Lipinski definition) is 1. The highest BCUT2D eigenvalue weighted by Crippen LogP contribution is 2.43. The first-order valence-electron chi connectivity index (χ1n) is 10.2. The van der Waals surface area contributed by atoms with Crippen LogP contribution in [0.25, 0.3) is 11.0 Å². The maximum atomic E-state index is 13.7. The van der Waals surface area contributed by atoms with E-state index >= 15 is 0 Å². The number of Topliss-reactive ketones (excluding diaryl/α,β-unsaturated/α-hetero) is 1. The first kappa shape index (κ1) is 22.1. The standard InChI is InChI=1S/C25H17Cl2NO6/c1-12-6-7-17(33-12)21-20(23(30)25(31)28(21)16-5-3-4-14(26)10-16)22(29)18-9-13-8-15(27)11-19(32-2)24(13)34-18/h3-11,21,30H,1-2H3. The number of furan rings is 2. The van der Waals surface area contributed by atoms with Gasteiger partial charge in [0.2, 0.25) is 5.78 Å². The summed E-state index contributed by atoms with van der Waals surface area (Å²) in [5.41, 5.74) is 0.532. The summed E-state index contributed by atoms with van der Waals surface area (Å²) < 4.78 is 16.9. The van der Waals surface area contributed by atoms with Crippen LogP contribution in [0.5, 0.6) is 5.75 Å². The van der Waals surface area contributed by atoms with Gasteiger partial charge in [0.1, 0.15) is 17.6 Å². The molecule has 0 saturated carbocycles. The van der Waals surface area contributed by atoms with Crippen LogP contribution in [0.15, 0.2) is 74.8 Å². The molecule has 2 aromatic carbocycles. The molecule has 9 heteroatoms. The highest BCUT2D eigenvalue weighted by molar-refractivity contribution is 6.32. The van der Waals surface area contributed by atoms with Gasteiger partial charge in [-0.1, -0.05) is 29.3 Å². The largest absolute Gasteiger partial charge is 0.503 e. The Kier molecular flexibility index (Phi) is 5.38. The number of hydrogen-bond acceptors (Lipinski definition) is 6.